The van der Waals surface area contributed by atoms with Gasteiger partial charge in [0.2, 0.25) is 0 Å². The number of carbonyl (C=O) groups is 2. The van der Waals surface area contributed by atoms with E-state index < -0.39 is 11.8 Å². The standard InChI is InChI=1S/C21H20BrCl2N3O4/c1-3-8-25-20(28)21(29)27-26-11-13-9-15(22)19(18(10-13)30-4-2)31-12-14-16(23)6-5-7-17(14)24/h3,5-7,9-11H,1,4,8,12H2,2H3,(H,25,28)(H,27,29)/b26-11-. The largest absolute Gasteiger partial charge is 0.490 e. The van der Waals surface area contributed by atoms with Crippen LogP contribution in [0.25, 0.3) is 0 Å². The Balaban J connectivity index is 2.15. The van der Waals surface area contributed by atoms with Crippen molar-refractivity contribution in [3.8, 4) is 11.5 Å². The van der Waals surface area contributed by atoms with Gasteiger partial charge in [-0.15, -0.1) is 6.58 Å². The SMILES string of the molecule is C=CCNC(=O)C(=O)N/N=C\c1cc(Br)c(OCc2c(Cl)cccc2Cl)c(OCC)c1. The van der Waals surface area contributed by atoms with Crippen LogP contribution in [0.2, 0.25) is 10.0 Å². The van der Waals surface area contributed by atoms with Crippen LogP contribution < -0.4 is 20.2 Å². The van der Waals surface area contributed by atoms with E-state index in [0.29, 0.717) is 43.8 Å². The third kappa shape index (κ3) is 7.27. The van der Waals surface area contributed by atoms with E-state index in [1.165, 1.54) is 12.3 Å². The fourth-order valence-electron chi connectivity index (χ4n) is 2.34. The molecule has 0 saturated heterocycles. The molecular weight excluding hydrogens is 509 g/mol. The Kier molecular flexibility index (Phi) is 9.84. The highest BCUT2D eigenvalue weighted by molar-refractivity contribution is 9.10. The Labute approximate surface area is 198 Å². The van der Waals surface area contributed by atoms with E-state index in [9.17, 15) is 9.59 Å². The molecule has 0 aliphatic carbocycles. The van der Waals surface area contributed by atoms with Crippen LogP contribution >= 0.6 is 39.1 Å². The Morgan fingerprint density at radius 2 is 1.90 bits per heavy atom. The number of hydrogen-bond donors (Lipinski definition) is 2. The Bertz CT molecular complexity index is 979. The molecule has 164 valence electrons. The van der Waals surface area contributed by atoms with Gasteiger partial charge in [-0.1, -0.05) is 35.3 Å². The molecule has 31 heavy (non-hydrogen) atoms. The van der Waals surface area contributed by atoms with E-state index in [1.807, 2.05) is 6.92 Å². The van der Waals surface area contributed by atoms with Crippen molar-refractivity contribution < 1.29 is 19.1 Å². The molecule has 0 saturated carbocycles. The predicted molar refractivity (Wildman–Crippen MR) is 125 cm³/mol. The molecule has 0 unspecified atom stereocenters. The number of benzene rings is 2. The second kappa shape index (κ2) is 12.3. The van der Waals surface area contributed by atoms with E-state index in [2.05, 4.69) is 38.4 Å². The number of rotatable bonds is 9. The van der Waals surface area contributed by atoms with Crippen molar-refractivity contribution in [2.24, 2.45) is 5.10 Å². The van der Waals surface area contributed by atoms with Crippen LogP contribution in [0.15, 0.2) is 52.6 Å². The normalized spacial score (nSPS) is 10.6. The zero-order valence-electron chi connectivity index (χ0n) is 16.6. The quantitative estimate of drug-likeness (QED) is 0.217. The minimum absolute atomic E-state index is 0.139. The molecule has 0 aliphatic heterocycles. The molecule has 7 nitrogen and oxygen atoms in total. The molecule has 0 aliphatic rings. The highest BCUT2D eigenvalue weighted by atomic mass is 79.9. The Hall–Kier alpha value is -2.55. The molecule has 10 heteroatoms. The van der Waals surface area contributed by atoms with Gasteiger partial charge in [0, 0.05) is 22.2 Å². The highest BCUT2D eigenvalue weighted by Crippen LogP contribution is 2.38. The molecule has 0 atom stereocenters. The van der Waals surface area contributed by atoms with Crippen molar-refractivity contribution in [1.82, 2.24) is 10.7 Å². The van der Waals surface area contributed by atoms with E-state index in [0.717, 1.165) is 0 Å². The molecule has 0 heterocycles. The number of amides is 2. The summed E-state index contributed by atoms with van der Waals surface area (Å²) in [7, 11) is 0. The van der Waals surface area contributed by atoms with Crippen LogP contribution in [0.1, 0.15) is 18.1 Å². The molecule has 0 radical (unpaired) electrons. The lowest BCUT2D eigenvalue weighted by Gasteiger charge is -2.15. The minimum atomic E-state index is -0.890. The molecule has 0 aromatic heterocycles. The molecule has 2 rings (SSSR count). The molecule has 2 N–H and O–H groups in total. The first-order valence-electron chi connectivity index (χ1n) is 9.11. The fraction of sp³-hybridized carbons (Fsp3) is 0.190. The van der Waals surface area contributed by atoms with Crippen LogP contribution in [-0.4, -0.2) is 31.2 Å². The van der Waals surface area contributed by atoms with Crippen molar-refractivity contribution >= 4 is 57.2 Å². The lowest BCUT2D eigenvalue weighted by atomic mass is 10.2. The first kappa shape index (κ1) is 24.7. The highest BCUT2D eigenvalue weighted by Gasteiger charge is 2.15. The molecule has 0 spiro atoms. The van der Waals surface area contributed by atoms with Crippen molar-refractivity contribution in [2.75, 3.05) is 13.2 Å². The summed E-state index contributed by atoms with van der Waals surface area (Å²) in [5.74, 6) is -0.784. The van der Waals surface area contributed by atoms with Gasteiger partial charge in [-0.05, 0) is 52.7 Å². The summed E-state index contributed by atoms with van der Waals surface area (Å²) >= 11 is 15.9. The van der Waals surface area contributed by atoms with Crippen molar-refractivity contribution in [3.63, 3.8) is 0 Å². The zero-order valence-corrected chi connectivity index (χ0v) is 19.7. The summed E-state index contributed by atoms with van der Waals surface area (Å²) in [5.41, 5.74) is 3.41. The number of carbonyl (C=O) groups excluding carboxylic acids is 2. The summed E-state index contributed by atoms with van der Waals surface area (Å²) in [6.45, 7) is 6.02. The number of hydrazone groups is 1. The molecule has 2 aromatic rings. The van der Waals surface area contributed by atoms with Gasteiger partial charge in [-0.25, -0.2) is 5.43 Å². The monoisotopic (exact) mass is 527 g/mol. The van der Waals surface area contributed by atoms with Crippen LogP contribution in [0, 0.1) is 0 Å². The number of halogens is 3. The summed E-state index contributed by atoms with van der Waals surface area (Å²) < 4.78 is 12.2. The summed E-state index contributed by atoms with van der Waals surface area (Å²) in [6, 6.07) is 8.63. The topological polar surface area (TPSA) is 89.0 Å². The average Bonchev–Trinajstić information content (AvgIpc) is 2.73. The first-order valence-corrected chi connectivity index (χ1v) is 10.7. The lowest BCUT2D eigenvalue weighted by Crippen LogP contribution is -2.37. The minimum Gasteiger partial charge on any atom is -0.490 e. The third-order valence-corrected chi connectivity index (χ3v) is 5.04. The van der Waals surface area contributed by atoms with E-state index in [4.69, 9.17) is 32.7 Å². The van der Waals surface area contributed by atoms with E-state index in [-0.39, 0.29) is 13.2 Å². The van der Waals surface area contributed by atoms with Crippen molar-refractivity contribution in [2.45, 2.75) is 13.5 Å². The van der Waals surface area contributed by atoms with Gasteiger partial charge in [-0.3, -0.25) is 9.59 Å². The maximum absolute atomic E-state index is 11.7. The zero-order chi connectivity index (χ0) is 22.8. The van der Waals surface area contributed by atoms with E-state index in [1.54, 1.807) is 30.3 Å². The van der Waals surface area contributed by atoms with Crippen LogP contribution in [0.3, 0.4) is 0 Å². The smallest absolute Gasteiger partial charge is 0.329 e. The number of nitrogens with one attached hydrogen (secondary N) is 2. The van der Waals surface area contributed by atoms with Gasteiger partial charge >= 0.3 is 11.8 Å². The van der Waals surface area contributed by atoms with E-state index >= 15 is 0 Å². The van der Waals surface area contributed by atoms with Crippen LogP contribution in [-0.2, 0) is 16.2 Å². The van der Waals surface area contributed by atoms with Gasteiger partial charge in [0.25, 0.3) is 0 Å². The lowest BCUT2D eigenvalue weighted by molar-refractivity contribution is -0.139. The van der Waals surface area contributed by atoms with Gasteiger partial charge in [0.05, 0.1) is 17.3 Å². The second-order valence-electron chi connectivity index (χ2n) is 5.95. The van der Waals surface area contributed by atoms with Gasteiger partial charge < -0.3 is 14.8 Å². The second-order valence-corrected chi connectivity index (χ2v) is 7.62. The Morgan fingerprint density at radius 1 is 1.19 bits per heavy atom. The molecule has 2 amide bonds. The van der Waals surface area contributed by atoms with Gasteiger partial charge in [0.1, 0.15) is 6.61 Å². The fourth-order valence-corrected chi connectivity index (χ4v) is 3.42. The summed E-state index contributed by atoms with van der Waals surface area (Å²) in [5, 5.41) is 7.15. The summed E-state index contributed by atoms with van der Waals surface area (Å²) in [6.07, 6.45) is 2.84. The number of nitrogens with zero attached hydrogens (tertiary/aromatic N) is 1. The van der Waals surface area contributed by atoms with Gasteiger partial charge in [-0.2, -0.15) is 5.10 Å². The molecule has 0 bridgehead atoms. The Morgan fingerprint density at radius 3 is 2.55 bits per heavy atom. The predicted octanol–water partition coefficient (Wildman–Crippen LogP) is 4.49. The molecule has 0 fully saturated rings. The third-order valence-electron chi connectivity index (χ3n) is 3.75. The first-order chi connectivity index (χ1) is 14.9. The average molecular weight is 529 g/mol. The van der Waals surface area contributed by atoms with Gasteiger partial charge in [0.15, 0.2) is 11.5 Å². The van der Waals surface area contributed by atoms with Crippen molar-refractivity contribution in [1.29, 1.82) is 0 Å². The number of ether oxygens (including phenoxy) is 2. The van der Waals surface area contributed by atoms with Crippen LogP contribution in [0.4, 0.5) is 0 Å². The number of hydrogen-bond acceptors (Lipinski definition) is 5. The molecular formula is C21H20BrCl2N3O4. The van der Waals surface area contributed by atoms with Crippen molar-refractivity contribution in [3.05, 3.63) is 68.6 Å². The summed E-state index contributed by atoms with van der Waals surface area (Å²) in [4.78, 5) is 23.2. The van der Waals surface area contributed by atoms with Crippen LogP contribution in [0.5, 0.6) is 11.5 Å². The molecule has 2 aromatic carbocycles. The maximum atomic E-state index is 11.7. The maximum Gasteiger partial charge on any atom is 0.329 e.